The summed E-state index contributed by atoms with van der Waals surface area (Å²) in [6.07, 6.45) is 0. The van der Waals surface area contributed by atoms with Crippen molar-refractivity contribution in [3.05, 3.63) is 62.7 Å². The van der Waals surface area contributed by atoms with E-state index in [-0.39, 0.29) is 16.3 Å². The number of nitrogens with zero attached hydrogens (tertiary/aromatic N) is 2. The molecule has 0 aromatic heterocycles. The average molecular weight is 363 g/mol. The Morgan fingerprint density at radius 2 is 1.92 bits per heavy atom. The van der Waals surface area contributed by atoms with E-state index in [9.17, 15) is 14.9 Å². The lowest BCUT2D eigenvalue weighted by Crippen LogP contribution is -2.26. The molecule has 0 atom stereocenters. The molecule has 0 radical (unpaired) electrons. The van der Waals surface area contributed by atoms with Crippen LogP contribution < -0.4 is 9.47 Å². The molecule has 0 unspecified atom stereocenters. The molecule has 0 saturated heterocycles. The van der Waals surface area contributed by atoms with E-state index in [0.29, 0.717) is 31.3 Å². The second-order valence-corrected chi connectivity index (χ2v) is 5.97. The zero-order chi connectivity index (χ0) is 18.0. The first-order chi connectivity index (χ1) is 12.0. The Balaban J connectivity index is 1.79. The molecule has 0 N–H and O–H groups in total. The molecular formula is C17H15ClN2O5. The topological polar surface area (TPSA) is 81.9 Å². The van der Waals surface area contributed by atoms with Crippen LogP contribution in [0.15, 0.2) is 36.4 Å². The third kappa shape index (κ3) is 3.66. The molecule has 2 aromatic carbocycles. The Morgan fingerprint density at radius 3 is 2.64 bits per heavy atom. The van der Waals surface area contributed by atoms with E-state index >= 15 is 0 Å². The quantitative estimate of drug-likeness (QED) is 0.615. The van der Waals surface area contributed by atoms with Gasteiger partial charge in [0.15, 0.2) is 11.5 Å². The number of hydrogen-bond donors (Lipinski definition) is 0. The van der Waals surface area contributed by atoms with Crippen molar-refractivity contribution in [1.82, 2.24) is 4.90 Å². The summed E-state index contributed by atoms with van der Waals surface area (Å²) < 4.78 is 11.0. The summed E-state index contributed by atoms with van der Waals surface area (Å²) in [6.45, 7) is 1.29. The lowest BCUT2D eigenvalue weighted by atomic mass is 10.1. The van der Waals surface area contributed by atoms with Crippen molar-refractivity contribution in [2.45, 2.75) is 6.54 Å². The Bertz CT molecular complexity index is 840. The normalized spacial score (nSPS) is 12.6. The highest BCUT2D eigenvalue weighted by atomic mass is 35.5. The molecule has 130 valence electrons. The van der Waals surface area contributed by atoms with Gasteiger partial charge in [-0.05, 0) is 23.8 Å². The number of benzene rings is 2. The molecule has 0 spiro atoms. The van der Waals surface area contributed by atoms with Crippen LogP contribution in [-0.2, 0) is 6.54 Å². The summed E-state index contributed by atoms with van der Waals surface area (Å²) in [4.78, 5) is 24.4. The third-order valence-electron chi connectivity index (χ3n) is 3.76. The molecule has 0 aliphatic carbocycles. The average Bonchev–Trinajstić information content (AvgIpc) is 2.61. The van der Waals surface area contributed by atoms with Crippen molar-refractivity contribution in [3.8, 4) is 11.5 Å². The number of amides is 1. The van der Waals surface area contributed by atoms with Crippen molar-refractivity contribution in [2.75, 3.05) is 20.3 Å². The molecular weight excluding hydrogens is 348 g/mol. The number of halogens is 1. The predicted octanol–water partition coefficient (Wildman–Crippen LogP) is 3.29. The van der Waals surface area contributed by atoms with Crippen LogP contribution in [0.4, 0.5) is 5.69 Å². The van der Waals surface area contributed by atoms with Gasteiger partial charge in [-0.15, -0.1) is 0 Å². The Hall–Kier alpha value is -2.80. The van der Waals surface area contributed by atoms with Crippen LogP contribution >= 0.6 is 11.6 Å². The Labute approximate surface area is 148 Å². The minimum atomic E-state index is -0.562. The van der Waals surface area contributed by atoms with Crippen LogP contribution in [-0.4, -0.2) is 36.0 Å². The van der Waals surface area contributed by atoms with Gasteiger partial charge in [-0.3, -0.25) is 14.9 Å². The summed E-state index contributed by atoms with van der Waals surface area (Å²) in [6, 6.07) is 9.25. The number of rotatable bonds is 4. The molecule has 1 amide bonds. The summed E-state index contributed by atoms with van der Waals surface area (Å²) >= 11 is 6.03. The SMILES string of the molecule is CN(Cc1ccc2c(c1)OCCO2)C(=O)c1cc([N+](=O)[O-])ccc1Cl. The highest BCUT2D eigenvalue weighted by Crippen LogP contribution is 2.31. The zero-order valence-electron chi connectivity index (χ0n) is 13.4. The number of nitro groups is 1. The maximum absolute atomic E-state index is 12.6. The fraction of sp³-hybridized carbons (Fsp3) is 0.235. The second kappa shape index (κ2) is 6.98. The van der Waals surface area contributed by atoms with Gasteiger partial charge >= 0.3 is 0 Å². The largest absolute Gasteiger partial charge is 0.486 e. The van der Waals surface area contributed by atoms with E-state index < -0.39 is 10.8 Å². The van der Waals surface area contributed by atoms with E-state index in [1.54, 1.807) is 13.1 Å². The van der Waals surface area contributed by atoms with Gasteiger partial charge in [0.05, 0.1) is 15.5 Å². The summed E-state index contributed by atoms with van der Waals surface area (Å²) in [7, 11) is 1.61. The van der Waals surface area contributed by atoms with Gasteiger partial charge in [-0.25, -0.2) is 0 Å². The molecule has 1 aliphatic rings. The van der Waals surface area contributed by atoms with E-state index in [0.717, 1.165) is 5.56 Å². The first kappa shape index (κ1) is 17.0. The second-order valence-electron chi connectivity index (χ2n) is 5.56. The smallest absolute Gasteiger partial charge is 0.270 e. The van der Waals surface area contributed by atoms with Crippen LogP contribution in [0.3, 0.4) is 0 Å². The van der Waals surface area contributed by atoms with E-state index in [4.69, 9.17) is 21.1 Å². The molecule has 8 heteroatoms. The predicted molar refractivity (Wildman–Crippen MR) is 91.3 cm³/mol. The van der Waals surface area contributed by atoms with Gasteiger partial charge in [0.1, 0.15) is 13.2 Å². The molecule has 7 nitrogen and oxygen atoms in total. The molecule has 0 bridgehead atoms. The van der Waals surface area contributed by atoms with Crippen LogP contribution in [0.25, 0.3) is 0 Å². The number of carbonyl (C=O) groups excluding carboxylic acids is 1. The lowest BCUT2D eigenvalue weighted by Gasteiger charge is -2.21. The summed E-state index contributed by atoms with van der Waals surface area (Å²) in [5, 5.41) is 11.1. The highest BCUT2D eigenvalue weighted by Gasteiger charge is 2.20. The molecule has 1 aliphatic heterocycles. The summed E-state index contributed by atoms with van der Waals surface area (Å²) in [5.41, 5.74) is 0.762. The van der Waals surface area contributed by atoms with Gasteiger partial charge in [-0.1, -0.05) is 17.7 Å². The number of nitro benzene ring substituents is 1. The maximum atomic E-state index is 12.6. The third-order valence-corrected chi connectivity index (χ3v) is 4.09. The highest BCUT2D eigenvalue weighted by molar-refractivity contribution is 6.33. The number of non-ortho nitro benzene ring substituents is 1. The van der Waals surface area contributed by atoms with E-state index in [2.05, 4.69) is 0 Å². The van der Waals surface area contributed by atoms with Gasteiger partial charge in [0.2, 0.25) is 0 Å². The maximum Gasteiger partial charge on any atom is 0.270 e. The van der Waals surface area contributed by atoms with Crippen molar-refractivity contribution in [3.63, 3.8) is 0 Å². The van der Waals surface area contributed by atoms with Crippen LogP contribution in [0, 0.1) is 10.1 Å². The standard InChI is InChI=1S/C17H15ClN2O5/c1-19(10-11-2-5-15-16(8-11)25-7-6-24-15)17(21)13-9-12(20(22)23)3-4-14(13)18/h2-5,8-9H,6-7,10H2,1H3. The van der Waals surface area contributed by atoms with Gasteiger partial charge in [0.25, 0.3) is 11.6 Å². The van der Waals surface area contributed by atoms with E-state index in [1.165, 1.54) is 23.1 Å². The fourth-order valence-corrected chi connectivity index (χ4v) is 2.73. The van der Waals surface area contributed by atoms with Crippen LogP contribution in [0.1, 0.15) is 15.9 Å². The number of carbonyl (C=O) groups is 1. The first-order valence-corrected chi connectivity index (χ1v) is 7.91. The number of hydrogen-bond acceptors (Lipinski definition) is 5. The van der Waals surface area contributed by atoms with Crippen LogP contribution in [0.5, 0.6) is 11.5 Å². The Kier molecular flexibility index (Phi) is 4.76. The molecule has 0 saturated carbocycles. The summed E-state index contributed by atoms with van der Waals surface area (Å²) in [5.74, 6) is 0.910. The van der Waals surface area contributed by atoms with Crippen molar-refractivity contribution >= 4 is 23.2 Å². The van der Waals surface area contributed by atoms with E-state index in [1.807, 2.05) is 12.1 Å². The van der Waals surface area contributed by atoms with Crippen molar-refractivity contribution in [2.24, 2.45) is 0 Å². The molecule has 0 fully saturated rings. The van der Waals surface area contributed by atoms with Gasteiger partial charge < -0.3 is 14.4 Å². The monoisotopic (exact) mass is 362 g/mol. The molecule has 1 heterocycles. The first-order valence-electron chi connectivity index (χ1n) is 7.53. The van der Waals surface area contributed by atoms with Gasteiger partial charge in [-0.2, -0.15) is 0 Å². The van der Waals surface area contributed by atoms with Gasteiger partial charge in [0, 0.05) is 25.7 Å². The zero-order valence-corrected chi connectivity index (χ0v) is 14.2. The molecule has 2 aromatic rings. The Morgan fingerprint density at radius 1 is 1.20 bits per heavy atom. The molecule has 25 heavy (non-hydrogen) atoms. The van der Waals surface area contributed by atoms with Crippen molar-refractivity contribution in [1.29, 1.82) is 0 Å². The minimum absolute atomic E-state index is 0.0934. The van der Waals surface area contributed by atoms with Crippen LogP contribution in [0.2, 0.25) is 5.02 Å². The fourth-order valence-electron chi connectivity index (χ4n) is 2.53. The van der Waals surface area contributed by atoms with Crippen molar-refractivity contribution < 1.29 is 19.2 Å². The number of ether oxygens (including phenoxy) is 2. The molecule has 3 rings (SSSR count). The minimum Gasteiger partial charge on any atom is -0.486 e. The lowest BCUT2D eigenvalue weighted by molar-refractivity contribution is -0.384. The number of fused-ring (bicyclic) bond motifs is 1.